The topological polar surface area (TPSA) is 113 Å². The number of carbonyl (C=O) groups is 3. The number of carbonyl (C=O) groups excluding carboxylic acids is 2. The molecule has 1 fully saturated rings. The number of nitrogens with one attached hydrogen (secondary N) is 1. The van der Waals surface area contributed by atoms with Crippen molar-refractivity contribution in [2.75, 3.05) is 7.05 Å². The van der Waals surface area contributed by atoms with Gasteiger partial charge in [-0.2, -0.15) is 0 Å². The number of likely N-dealkylation sites (N-methyl/N-ethyl adjacent to an activating group) is 1. The van der Waals surface area contributed by atoms with Crippen LogP contribution in [0.3, 0.4) is 0 Å². The molecule has 0 spiro atoms. The second-order valence-electron chi connectivity index (χ2n) is 4.51. The number of likely N-dealkylation sites (tertiary alicyclic amines) is 1. The standard InChI is InChI=1S/C11H17N3O4/c1-5(4-7(15)13-6(2)12)8-9(11(17)18)14(3)10(8)16/h5,8-9H,2,4,12H2,1,3H3,(H,13,15)(H,17,18)/t5?,8-,9+/m1/s1. The minimum atomic E-state index is -1.06. The van der Waals surface area contributed by atoms with E-state index >= 15 is 0 Å². The van der Waals surface area contributed by atoms with E-state index < -0.39 is 17.9 Å². The summed E-state index contributed by atoms with van der Waals surface area (Å²) in [5.41, 5.74) is 5.22. The molecule has 7 nitrogen and oxygen atoms in total. The number of nitrogens with two attached hydrogens (primary N) is 1. The average Bonchev–Trinajstić information content (AvgIpc) is 2.21. The highest BCUT2D eigenvalue weighted by atomic mass is 16.4. The molecule has 1 heterocycles. The molecule has 18 heavy (non-hydrogen) atoms. The van der Waals surface area contributed by atoms with Gasteiger partial charge in [0.05, 0.1) is 11.7 Å². The Morgan fingerprint density at radius 2 is 2.17 bits per heavy atom. The largest absolute Gasteiger partial charge is 0.480 e. The fourth-order valence-corrected chi connectivity index (χ4v) is 2.19. The third-order valence-electron chi connectivity index (χ3n) is 3.06. The van der Waals surface area contributed by atoms with Crippen molar-refractivity contribution in [3.63, 3.8) is 0 Å². The van der Waals surface area contributed by atoms with Gasteiger partial charge in [-0.25, -0.2) is 4.79 Å². The van der Waals surface area contributed by atoms with Crippen LogP contribution in [-0.4, -0.2) is 40.9 Å². The molecule has 0 aromatic carbocycles. The predicted molar refractivity (Wildman–Crippen MR) is 62.9 cm³/mol. The van der Waals surface area contributed by atoms with Gasteiger partial charge in [0.25, 0.3) is 0 Å². The lowest BCUT2D eigenvalue weighted by molar-refractivity contribution is -0.172. The molecule has 0 aliphatic carbocycles. The third-order valence-corrected chi connectivity index (χ3v) is 3.06. The van der Waals surface area contributed by atoms with Gasteiger partial charge in [0.1, 0.15) is 6.04 Å². The summed E-state index contributed by atoms with van der Waals surface area (Å²) in [6.45, 7) is 5.00. The number of carboxylic acids is 1. The highest BCUT2D eigenvalue weighted by Crippen LogP contribution is 2.33. The maximum absolute atomic E-state index is 11.6. The van der Waals surface area contributed by atoms with E-state index in [0.717, 1.165) is 0 Å². The van der Waals surface area contributed by atoms with Crippen molar-refractivity contribution in [1.82, 2.24) is 10.2 Å². The first-order valence-electron chi connectivity index (χ1n) is 5.49. The van der Waals surface area contributed by atoms with Crippen LogP contribution in [0.1, 0.15) is 13.3 Å². The fourth-order valence-electron chi connectivity index (χ4n) is 2.19. The first kappa shape index (κ1) is 14.0. The van der Waals surface area contributed by atoms with Crippen LogP contribution in [0.25, 0.3) is 0 Å². The monoisotopic (exact) mass is 255 g/mol. The third kappa shape index (κ3) is 2.61. The number of aliphatic carboxylic acids is 1. The van der Waals surface area contributed by atoms with E-state index in [4.69, 9.17) is 10.8 Å². The van der Waals surface area contributed by atoms with Crippen molar-refractivity contribution in [3.05, 3.63) is 12.4 Å². The molecule has 1 rings (SSSR count). The minimum absolute atomic E-state index is 0.0269. The average molecular weight is 255 g/mol. The molecule has 0 bridgehead atoms. The molecule has 1 unspecified atom stereocenters. The molecule has 0 aromatic rings. The summed E-state index contributed by atoms with van der Waals surface area (Å²) >= 11 is 0. The number of rotatable bonds is 5. The number of nitrogens with zero attached hydrogens (tertiary/aromatic N) is 1. The quantitative estimate of drug-likeness (QED) is 0.551. The molecule has 1 aliphatic rings. The van der Waals surface area contributed by atoms with Crippen molar-refractivity contribution >= 4 is 17.8 Å². The molecule has 0 saturated carbocycles. The van der Waals surface area contributed by atoms with Gasteiger partial charge in [0, 0.05) is 13.5 Å². The number of hydrogen-bond donors (Lipinski definition) is 3. The summed E-state index contributed by atoms with van der Waals surface area (Å²) in [6, 6.07) is -0.860. The Hall–Kier alpha value is -2.05. The van der Waals surface area contributed by atoms with E-state index in [1.54, 1.807) is 6.92 Å². The number of carboxylic acid groups (broad SMARTS) is 1. The Morgan fingerprint density at radius 1 is 1.61 bits per heavy atom. The Balaban J connectivity index is 2.64. The van der Waals surface area contributed by atoms with Crippen LogP contribution in [0.4, 0.5) is 0 Å². The van der Waals surface area contributed by atoms with Gasteiger partial charge in [-0.05, 0) is 5.92 Å². The first-order valence-corrected chi connectivity index (χ1v) is 5.49. The maximum atomic E-state index is 11.6. The number of amides is 2. The van der Waals surface area contributed by atoms with E-state index in [1.807, 2.05) is 0 Å². The van der Waals surface area contributed by atoms with Crippen LogP contribution in [0.15, 0.2) is 12.4 Å². The summed E-state index contributed by atoms with van der Waals surface area (Å²) in [5, 5.41) is 11.3. The normalized spacial score (nSPS) is 24.1. The first-order chi connectivity index (χ1) is 8.25. The molecule has 1 saturated heterocycles. The zero-order valence-corrected chi connectivity index (χ0v) is 10.3. The summed E-state index contributed by atoms with van der Waals surface area (Å²) in [7, 11) is 1.44. The van der Waals surface area contributed by atoms with Gasteiger partial charge < -0.3 is 21.1 Å². The smallest absolute Gasteiger partial charge is 0.327 e. The molecule has 1 aliphatic heterocycles. The number of β-lactam (4-membered cyclic amide) rings is 1. The zero-order chi connectivity index (χ0) is 14.0. The molecule has 0 radical (unpaired) electrons. The lowest BCUT2D eigenvalue weighted by atomic mass is 9.77. The second kappa shape index (κ2) is 5.07. The van der Waals surface area contributed by atoms with Crippen molar-refractivity contribution in [2.45, 2.75) is 19.4 Å². The van der Waals surface area contributed by atoms with Crippen molar-refractivity contribution in [1.29, 1.82) is 0 Å². The Kier molecular flexibility index (Phi) is 3.95. The summed E-state index contributed by atoms with van der Waals surface area (Å²) in [5.74, 6) is -2.69. The highest BCUT2D eigenvalue weighted by molar-refractivity contribution is 5.96. The van der Waals surface area contributed by atoms with Gasteiger partial charge in [-0.15, -0.1) is 0 Å². The van der Waals surface area contributed by atoms with E-state index in [2.05, 4.69) is 11.9 Å². The SMILES string of the molecule is C=C(N)NC(=O)CC(C)[C@H]1C(=O)N(C)[C@@H]1C(=O)O. The van der Waals surface area contributed by atoms with Crippen molar-refractivity contribution in [3.8, 4) is 0 Å². The van der Waals surface area contributed by atoms with Crippen LogP contribution < -0.4 is 11.1 Å². The fraction of sp³-hybridized carbons (Fsp3) is 0.545. The molecule has 4 N–H and O–H groups in total. The number of hydrogen-bond acceptors (Lipinski definition) is 4. The van der Waals surface area contributed by atoms with E-state index in [1.165, 1.54) is 11.9 Å². The Labute approximate surface area is 105 Å². The van der Waals surface area contributed by atoms with E-state index in [9.17, 15) is 14.4 Å². The van der Waals surface area contributed by atoms with E-state index in [0.29, 0.717) is 0 Å². The molecule has 2 amide bonds. The van der Waals surface area contributed by atoms with Crippen LogP contribution in [0.5, 0.6) is 0 Å². The van der Waals surface area contributed by atoms with Crippen LogP contribution in [0.2, 0.25) is 0 Å². The lowest BCUT2D eigenvalue weighted by Gasteiger charge is -2.44. The van der Waals surface area contributed by atoms with Gasteiger partial charge in [0.2, 0.25) is 11.8 Å². The van der Waals surface area contributed by atoms with Gasteiger partial charge in [-0.3, -0.25) is 9.59 Å². The predicted octanol–water partition coefficient (Wildman–Crippen LogP) is -0.900. The second-order valence-corrected chi connectivity index (χ2v) is 4.51. The van der Waals surface area contributed by atoms with Crippen molar-refractivity contribution < 1.29 is 19.5 Å². The lowest BCUT2D eigenvalue weighted by Crippen LogP contribution is -2.64. The summed E-state index contributed by atoms with van der Waals surface area (Å²) < 4.78 is 0. The minimum Gasteiger partial charge on any atom is -0.480 e. The maximum Gasteiger partial charge on any atom is 0.327 e. The van der Waals surface area contributed by atoms with Crippen LogP contribution >= 0.6 is 0 Å². The molecule has 0 aromatic heterocycles. The van der Waals surface area contributed by atoms with E-state index in [-0.39, 0.29) is 30.0 Å². The van der Waals surface area contributed by atoms with Gasteiger partial charge in [0.15, 0.2) is 0 Å². The summed E-state index contributed by atoms with van der Waals surface area (Å²) in [4.78, 5) is 35.2. The highest BCUT2D eigenvalue weighted by Gasteiger charge is 2.52. The van der Waals surface area contributed by atoms with Gasteiger partial charge >= 0.3 is 5.97 Å². The Bertz CT molecular complexity index is 407. The van der Waals surface area contributed by atoms with Crippen LogP contribution in [0, 0.1) is 11.8 Å². The Morgan fingerprint density at radius 3 is 2.61 bits per heavy atom. The van der Waals surface area contributed by atoms with Crippen LogP contribution in [-0.2, 0) is 14.4 Å². The molecular formula is C11H17N3O4. The molecule has 7 heteroatoms. The zero-order valence-electron chi connectivity index (χ0n) is 10.3. The summed E-state index contributed by atoms with van der Waals surface area (Å²) in [6.07, 6.45) is 0.0320. The molecular weight excluding hydrogens is 238 g/mol. The molecule has 100 valence electrons. The van der Waals surface area contributed by atoms with Gasteiger partial charge in [-0.1, -0.05) is 13.5 Å². The molecule has 3 atom stereocenters. The van der Waals surface area contributed by atoms with Crippen molar-refractivity contribution in [2.24, 2.45) is 17.6 Å².